The highest BCUT2D eigenvalue weighted by Crippen LogP contribution is 2.29. The molecule has 2 N–H and O–H groups in total. The maximum absolute atomic E-state index is 5.92. The zero-order valence-electron chi connectivity index (χ0n) is 10.6. The zero-order chi connectivity index (χ0) is 12.3. The fourth-order valence-corrected chi connectivity index (χ4v) is 1.82. The minimum atomic E-state index is -0.295. The quantitative estimate of drug-likeness (QED) is 0.819. The Morgan fingerprint density at radius 3 is 2.82 bits per heavy atom. The number of nitrogens with zero attached hydrogens (tertiary/aromatic N) is 2. The molecule has 1 aromatic heterocycles. The smallest absolute Gasteiger partial charge is 0.226 e. The van der Waals surface area contributed by atoms with E-state index in [1.54, 1.807) is 0 Å². The van der Waals surface area contributed by atoms with Gasteiger partial charge in [0.25, 0.3) is 0 Å². The van der Waals surface area contributed by atoms with E-state index in [9.17, 15) is 0 Å². The molecule has 17 heavy (non-hydrogen) atoms. The topological polar surface area (TPSA) is 74.2 Å². The van der Waals surface area contributed by atoms with Crippen LogP contribution in [0.1, 0.15) is 50.9 Å². The fraction of sp³-hybridized carbons (Fsp3) is 0.833. The molecule has 5 nitrogen and oxygen atoms in total. The molecule has 1 fully saturated rings. The van der Waals surface area contributed by atoms with Crippen LogP contribution in [0, 0.1) is 5.92 Å². The summed E-state index contributed by atoms with van der Waals surface area (Å²) in [6.45, 7) is 4.38. The summed E-state index contributed by atoms with van der Waals surface area (Å²) in [5.74, 6) is 2.00. The van der Waals surface area contributed by atoms with Crippen molar-refractivity contribution < 1.29 is 9.26 Å². The number of aromatic nitrogens is 2. The normalized spacial score (nSPS) is 18.4. The van der Waals surface area contributed by atoms with Gasteiger partial charge in [0.1, 0.15) is 0 Å². The number of hydrogen-bond donors (Lipinski definition) is 1. The van der Waals surface area contributed by atoms with Crippen LogP contribution < -0.4 is 5.73 Å². The third-order valence-electron chi connectivity index (χ3n) is 3.11. The molecule has 0 radical (unpaired) electrons. The van der Waals surface area contributed by atoms with Gasteiger partial charge in [-0.3, -0.25) is 0 Å². The van der Waals surface area contributed by atoms with E-state index in [4.69, 9.17) is 15.0 Å². The van der Waals surface area contributed by atoms with Crippen molar-refractivity contribution >= 4 is 0 Å². The lowest BCUT2D eigenvalue weighted by molar-refractivity contribution is 0.0665. The molecule has 96 valence electrons. The van der Waals surface area contributed by atoms with Gasteiger partial charge in [-0.25, -0.2) is 0 Å². The van der Waals surface area contributed by atoms with Crippen molar-refractivity contribution in [3.05, 3.63) is 11.7 Å². The van der Waals surface area contributed by atoms with Crippen LogP contribution in [0.2, 0.25) is 0 Å². The Morgan fingerprint density at radius 1 is 1.47 bits per heavy atom. The molecule has 1 aliphatic carbocycles. The second-order valence-electron chi connectivity index (χ2n) is 5.04. The molecule has 1 unspecified atom stereocenters. The number of ether oxygens (including phenoxy) is 1. The molecule has 0 spiro atoms. The average molecular weight is 239 g/mol. The van der Waals surface area contributed by atoms with Crippen LogP contribution in [0.15, 0.2) is 4.52 Å². The molecule has 1 atom stereocenters. The van der Waals surface area contributed by atoms with Crippen LogP contribution in [-0.4, -0.2) is 22.9 Å². The maximum atomic E-state index is 5.92. The Morgan fingerprint density at radius 2 is 2.24 bits per heavy atom. The summed E-state index contributed by atoms with van der Waals surface area (Å²) in [4.78, 5) is 4.33. The zero-order valence-corrected chi connectivity index (χ0v) is 10.6. The number of nitrogens with two attached hydrogens (primary N) is 1. The standard InChI is InChI=1S/C12H21N3O2/c1-8(2)16-7-10(13)12-14-11(17-15-12)6-9-4-3-5-9/h8-10H,3-7,13H2,1-2H3. The molecule has 1 heterocycles. The van der Waals surface area contributed by atoms with E-state index in [0.717, 1.165) is 12.3 Å². The van der Waals surface area contributed by atoms with Gasteiger partial charge < -0.3 is 15.0 Å². The predicted octanol–water partition coefficient (Wildman–Crippen LogP) is 1.84. The predicted molar refractivity (Wildman–Crippen MR) is 63.4 cm³/mol. The van der Waals surface area contributed by atoms with Crippen LogP contribution >= 0.6 is 0 Å². The summed E-state index contributed by atoms with van der Waals surface area (Å²) in [7, 11) is 0. The van der Waals surface area contributed by atoms with E-state index in [2.05, 4.69) is 10.1 Å². The van der Waals surface area contributed by atoms with Gasteiger partial charge in [-0.1, -0.05) is 11.6 Å². The van der Waals surface area contributed by atoms with Crippen molar-refractivity contribution in [2.24, 2.45) is 11.7 Å². The van der Waals surface area contributed by atoms with Gasteiger partial charge in [-0.15, -0.1) is 0 Å². The van der Waals surface area contributed by atoms with Crippen molar-refractivity contribution in [1.29, 1.82) is 0 Å². The third-order valence-corrected chi connectivity index (χ3v) is 3.11. The Balaban J connectivity index is 1.83. The molecule has 2 rings (SSSR count). The van der Waals surface area contributed by atoms with Gasteiger partial charge in [0.15, 0.2) is 5.82 Å². The third kappa shape index (κ3) is 3.51. The molecule has 1 aliphatic rings. The molecule has 0 saturated heterocycles. The molecule has 0 aliphatic heterocycles. The lowest BCUT2D eigenvalue weighted by Crippen LogP contribution is -2.21. The Kier molecular flexibility index (Phi) is 4.12. The number of rotatable bonds is 6. The van der Waals surface area contributed by atoms with Gasteiger partial charge >= 0.3 is 0 Å². The van der Waals surface area contributed by atoms with E-state index < -0.39 is 0 Å². The van der Waals surface area contributed by atoms with Gasteiger partial charge in [0.05, 0.1) is 18.8 Å². The lowest BCUT2D eigenvalue weighted by atomic mass is 9.83. The Hall–Kier alpha value is -0.940. The van der Waals surface area contributed by atoms with Crippen molar-refractivity contribution in [3.63, 3.8) is 0 Å². The molecule has 0 aromatic carbocycles. The first-order chi connectivity index (χ1) is 8.15. The van der Waals surface area contributed by atoms with E-state index in [1.165, 1.54) is 19.3 Å². The van der Waals surface area contributed by atoms with Crippen molar-refractivity contribution in [2.75, 3.05) is 6.61 Å². The monoisotopic (exact) mass is 239 g/mol. The lowest BCUT2D eigenvalue weighted by Gasteiger charge is -2.23. The van der Waals surface area contributed by atoms with Gasteiger partial charge in [0.2, 0.25) is 5.89 Å². The first kappa shape index (κ1) is 12.5. The fourth-order valence-electron chi connectivity index (χ4n) is 1.82. The summed E-state index contributed by atoms with van der Waals surface area (Å²) in [5, 5.41) is 3.91. The second-order valence-corrected chi connectivity index (χ2v) is 5.04. The summed E-state index contributed by atoms with van der Waals surface area (Å²) < 4.78 is 10.6. The van der Waals surface area contributed by atoms with E-state index in [-0.39, 0.29) is 12.1 Å². The highest BCUT2D eigenvalue weighted by Gasteiger charge is 2.22. The molecular formula is C12H21N3O2. The van der Waals surface area contributed by atoms with Crippen molar-refractivity contribution in [2.45, 2.75) is 51.7 Å². The highest BCUT2D eigenvalue weighted by atomic mass is 16.5. The molecule has 1 aromatic rings. The number of hydrogen-bond acceptors (Lipinski definition) is 5. The Labute approximate surface area is 102 Å². The SMILES string of the molecule is CC(C)OCC(N)c1noc(CC2CCC2)n1. The van der Waals surface area contributed by atoms with Gasteiger partial charge in [-0.05, 0) is 32.6 Å². The summed E-state index contributed by atoms with van der Waals surface area (Å²) in [5.41, 5.74) is 5.92. The second kappa shape index (κ2) is 5.60. The van der Waals surface area contributed by atoms with Crippen molar-refractivity contribution in [3.8, 4) is 0 Å². The van der Waals surface area contributed by atoms with Crippen LogP contribution in [0.4, 0.5) is 0 Å². The first-order valence-corrected chi connectivity index (χ1v) is 6.35. The minimum absolute atomic E-state index is 0.169. The molecule has 1 saturated carbocycles. The highest BCUT2D eigenvalue weighted by molar-refractivity contribution is 4.94. The molecule has 0 amide bonds. The van der Waals surface area contributed by atoms with Crippen LogP contribution in [0.25, 0.3) is 0 Å². The van der Waals surface area contributed by atoms with Crippen LogP contribution in [0.5, 0.6) is 0 Å². The summed E-state index contributed by atoms with van der Waals surface area (Å²) >= 11 is 0. The summed E-state index contributed by atoms with van der Waals surface area (Å²) in [6.07, 6.45) is 4.95. The van der Waals surface area contributed by atoms with Crippen LogP contribution in [0.3, 0.4) is 0 Å². The van der Waals surface area contributed by atoms with E-state index >= 15 is 0 Å². The minimum Gasteiger partial charge on any atom is -0.377 e. The van der Waals surface area contributed by atoms with Gasteiger partial charge in [0, 0.05) is 6.42 Å². The van der Waals surface area contributed by atoms with Crippen molar-refractivity contribution in [1.82, 2.24) is 10.1 Å². The summed E-state index contributed by atoms with van der Waals surface area (Å²) in [6, 6.07) is -0.295. The molecular weight excluding hydrogens is 218 g/mol. The van der Waals surface area contributed by atoms with Gasteiger partial charge in [-0.2, -0.15) is 4.98 Å². The largest absolute Gasteiger partial charge is 0.377 e. The maximum Gasteiger partial charge on any atom is 0.226 e. The first-order valence-electron chi connectivity index (χ1n) is 6.35. The molecule has 0 bridgehead atoms. The average Bonchev–Trinajstić information content (AvgIpc) is 2.68. The van der Waals surface area contributed by atoms with Crippen LogP contribution in [-0.2, 0) is 11.2 Å². The van der Waals surface area contributed by atoms with E-state index in [0.29, 0.717) is 18.3 Å². The Bertz CT molecular complexity index is 347. The molecule has 5 heteroatoms. The van der Waals surface area contributed by atoms with E-state index in [1.807, 2.05) is 13.8 Å².